The third kappa shape index (κ3) is 2.41. The lowest BCUT2D eigenvalue weighted by Gasteiger charge is -2.08. The molecular weight excluding hydrogens is 302 g/mol. The highest BCUT2D eigenvalue weighted by molar-refractivity contribution is 7.92. The van der Waals surface area contributed by atoms with E-state index in [0.717, 1.165) is 11.3 Å². The van der Waals surface area contributed by atoms with Crippen LogP contribution in [0.5, 0.6) is 5.75 Å². The first-order chi connectivity index (χ1) is 9.56. The van der Waals surface area contributed by atoms with Crippen molar-refractivity contribution in [3.05, 3.63) is 41.3 Å². The van der Waals surface area contributed by atoms with Crippen molar-refractivity contribution in [1.29, 1.82) is 0 Å². The van der Waals surface area contributed by atoms with Gasteiger partial charge in [-0.15, -0.1) is 0 Å². The lowest BCUT2D eigenvalue weighted by molar-refractivity contribution is 0.356. The van der Waals surface area contributed by atoms with E-state index in [-0.39, 0.29) is 15.9 Å². The van der Waals surface area contributed by atoms with E-state index in [0.29, 0.717) is 13.0 Å². The van der Waals surface area contributed by atoms with Crippen molar-refractivity contribution in [2.45, 2.75) is 11.3 Å². The van der Waals surface area contributed by atoms with Crippen LogP contribution in [0.4, 0.5) is 5.82 Å². The SMILES string of the molecule is O=S(=O)(Nc1nccnc1Cl)c1ccc2c(c1)CCO2. The molecule has 0 unspecified atom stereocenters. The molecule has 2 heterocycles. The first-order valence-corrected chi connectivity index (χ1v) is 7.67. The Morgan fingerprint density at radius 1 is 1.25 bits per heavy atom. The molecule has 1 aliphatic heterocycles. The molecule has 0 radical (unpaired) electrons. The normalized spacial score (nSPS) is 13.7. The molecule has 0 aliphatic carbocycles. The maximum atomic E-state index is 12.3. The molecule has 8 heteroatoms. The molecule has 1 aromatic carbocycles. The summed E-state index contributed by atoms with van der Waals surface area (Å²) in [5, 5.41) is 0.000526. The second-order valence-corrected chi connectivity index (χ2v) is 6.21. The summed E-state index contributed by atoms with van der Waals surface area (Å²) >= 11 is 5.79. The lowest BCUT2D eigenvalue weighted by Crippen LogP contribution is -2.14. The molecule has 0 saturated carbocycles. The van der Waals surface area contributed by atoms with Gasteiger partial charge in [0.05, 0.1) is 11.5 Å². The summed E-state index contributed by atoms with van der Waals surface area (Å²) in [4.78, 5) is 7.76. The zero-order valence-corrected chi connectivity index (χ0v) is 11.8. The number of aromatic nitrogens is 2. The van der Waals surface area contributed by atoms with Gasteiger partial charge >= 0.3 is 0 Å². The first kappa shape index (κ1) is 13.1. The molecule has 1 N–H and O–H groups in total. The minimum Gasteiger partial charge on any atom is -0.493 e. The number of ether oxygens (including phenoxy) is 1. The third-order valence-electron chi connectivity index (χ3n) is 2.86. The number of rotatable bonds is 3. The predicted octanol–water partition coefficient (Wildman–Crippen LogP) is 1.87. The number of benzene rings is 1. The number of sulfonamides is 1. The fourth-order valence-corrected chi connectivity index (χ4v) is 3.18. The molecule has 3 rings (SSSR count). The molecule has 6 nitrogen and oxygen atoms in total. The Morgan fingerprint density at radius 3 is 2.85 bits per heavy atom. The summed E-state index contributed by atoms with van der Waals surface area (Å²) < 4.78 is 32.2. The van der Waals surface area contributed by atoms with Gasteiger partial charge < -0.3 is 4.74 Å². The Bertz CT molecular complexity index is 764. The summed E-state index contributed by atoms with van der Waals surface area (Å²) in [6.07, 6.45) is 3.44. The Morgan fingerprint density at radius 2 is 2.05 bits per heavy atom. The van der Waals surface area contributed by atoms with Gasteiger partial charge in [-0.25, -0.2) is 18.4 Å². The zero-order chi connectivity index (χ0) is 14.2. The number of halogens is 1. The van der Waals surface area contributed by atoms with Crippen LogP contribution in [0.1, 0.15) is 5.56 Å². The van der Waals surface area contributed by atoms with Crippen LogP contribution in [0.2, 0.25) is 5.15 Å². The average molecular weight is 312 g/mol. The van der Waals surface area contributed by atoms with Gasteiger partial charge in [0.1, 0.15) is 5.75 Å². The second kappa shape index (κ2) is 4.92. The smallest absolute Gasteiger partial charge is 0.263 e. The van der Waals surface area contributed by atoms with Gasteiger partial charge in [-0.2, -0.15) is 0 Å². The molecule has 0 saturated heterocycles. The Labute approximate surface area is 120 Å². The van der Waals surface area contributed by atoms with Gasteiger partial charge in [0.25, 0.3) is 10.0 Å². The molecule has 0 atom stereocenters. The molecule has 104 valence electrons. The summed E-state index contributed by atoms with van der Waals surface area (Å²) in [6, 6.07) is 4.72. The first-order valence-electron chi connectivity index (χ1n) is 5.81. The van der Waals surface area contributed by atoms with Crippen molar-refractivity contribution in [2.24, 2.45) is 0 Å². The van der Waals surface area contributed by atoms with Crippen LogP contribution < -0.4 is 9.46 Å². The van der Waals surface area contributed by atoms with E-state index in [1.165, 1.54) is 18.5 Å². The zero-order valence-electron chi connectivity index (χ0n) is 10.2. The van der Waals surface area contributed by atoms with Crippen molar-refractivity contribution in [3.8, 4) is 5.75 Å². The topological polar surface area (TPSA) is 81.2 Å². The van der Waals surface area contributed by atoms with Gasteiger partial charge in [0.15, 0.2) is 11.0 Å². The number of nitrogens with zero attached hydrogens (tertiary/aromatic N) is 2. The van der Waals surface area contributed by atoms with Crippen molar-refractivity contribution < 1.29 is 13.2 Å². The number of nitrogens with one attached hydrogen (secondary N) is 1. The number of hydrogen-bond acceptors (Lipinski definition) is 5. The van der Waals surface area contributed by atoms with Crippen molar-refractivity contribution in [2.75, 3.05) is 11.3 Å². The van der Waals surface area contributed by atoms with Gasteiger partial charge in [-0.3, -0.25) is 4.72 Å². The van der Waals surface area contributed by atoms with E-state index >= 15 is 0 Å². The van der Waals surface area contributed by atoms with E-state index < -0.39 is 10.0 Å². The molecule has 0 amide bonds. The molecule has 0 spiro atoms. The summed E-state index contributed by atoms with van der Waals surface area (Å²) in [5.41, 5.74) is 0.873. The van der Waals surface area contributed by atoms with Crippen LogP contribution in [0, 0.1) is 0 Å². The molecule has 1 aliphatic rings. The maximum Gasteiger partial charge on any atom is 0.263 e. The maximum absolute atomic E-state index is 12.3. The summed E-state index contributed by atoms with van der Waals surface area (Å²) in [6.45, 7) is 0.572. The van der Waals surface area contributed by atoms with E-state index in [1.807, 2.05) is 0 Å². The monoisotopic (exact) mass is 311 g/mol. The van der Waals surface area contributed by atoms with Crippen LogP contribution in [0.3, 0.4) is 0 Å². The number of hydrogen-bond donors (Lipinski definition) is 1. The van der Waals surface area contributed by atoms with E-state index in [2.05, 4.69) is 14.7 Å². The standard InChI is InChI=1S/C12H10ClN3O3S/c13-11-12(15-5-4-14-11)16-20(17,18)9-1-2-10-8(7-9)3-6-19-10/h1-2,4-5,7H,3,6H2,(H,15,16). The molecule has 20 heavy (non-hydrogen) atoms. The van der Waals surface area contributed by atoms with Crippen LogP contribution in [-0.2, 0) is 16.4 Å². The Hall–Kier alpha value is -1.86. The van der Waals surface area contributed by atoms with E-state index in [9.17, 15) is 8.42 Å². The summed E-state index contributed by atoms with van der Waals surface area (Å²) in [7, 11) is -3.75. The molecule has 2 aromatic rings. The van der Waals surface area contributed by atoms with Crippen LogP contribution in [0.25, 0.3) is 0 Å². The van der Waals surface area contributed by atoms with Crippen molar-refractivity contribution >= 4 is 27.4 Å². The highest BCUT2D eigenvalue weighted by Crippen LogP contribution is 2.28. The van der Waals surface area contributed by atoms with Crippen LogP contribution in [-0.4, -0.2) is 25.0 Å². The van der Waals surface area contributed by atoms with Gasteiger partial charge in [-0.1, -0.05) is 11.6 Å². The minimum absolute atomic E-state index is 0.000526. The fourth-order valence-electron chi connectivity index (χ4n) is 1.91. The van der Waals surface area contributed by atoms with E-state index in [1.54, 1.807) is 12.1 Å². The molecule has 1 aromatic heterocycles. The highest BCUT2D eigenvalue weighted by Gasteiger charge is 2.20. The fraction of sp³-hybridized carbons (Fsp3) is 0.167. The van der Waals surface area contributed by atoms with Crippen LogP contribution >= 0.6 is 11.6 Å². The number of fused-ring (bicyclic) bond motifs is 1. The average Bonchev–Trinajstić information content (AvgIpc) is 2.88. The lowest BCUT2D eigenvalue weighted by atomic mass is 10.2. The largest absolute Gasteiger partial charge is 0.493 e. The predicted molar refractivity (Wildman–Crippen MR) is 73.5 cm³/mol. The highest BCUT2D eigenvalue weighted by atomic mass is 35.5. The molecule has 0 fully saturated rings. The third-order valence-corrected chi connectivity index (χ3v) is 4.47. The van der Waals surface area contributed by atoms with Crippen molar-refractivity contribution in [3.63, 3.8) is 0 Å². The minimum atomic E-state index is -3.75. The van der Waals surface area contributed by atoms with Gasteiger partial charge in [0, 0.05) is 18.8 Å². The number of anilines is 1. The van der Waals surface area contributed by atoms with E-state index in [4.69, 9.17) is 16.3 Å². The Balaban J connectivity index is 1.94. The van der Waals surface area contributed by atoms with Gasteiger partial charge in [0.2, 0.25) is 0 Å². The molecule has 0 bridgehead atoms. The van der Waals surface area contributed by atoms with Crippen molar-refractivity contribution in [1.82, 2.24) is 9.97 Å². The quantitative estimate of drug-likeness (QED) is 0.935. The molecular formula is C12H10ClN3O3S. The Kier molecular flexibility index (Phi) is 3.23. The van der Waals surface area contributed by atoms with Gasteiger partial charge in [-0.05, 0) is 23.8 Å². The summed E-state index contributed by atoms with van der Waals surface area (Å²) in [5.74, 6) is 0.729. The van der Waals surface area contributed by atoms with Crippen LogP contribution in [0.15, 0.2) is 35.5 Å². The second-order valence-electron chi connectivity index (χ2n) is 4.17.